The van der Waals surface area contributed by atoms with Gasteiger partial charge in [-0.1, -0.05) is 0 Å². The molecule has 0 bridgehead atoms. The molecule has 0 aromatic carbocycles. The molecule has 66 valence electrons. The number of methoxy groups -OCH3 is 1. The Hall–Kier alpha value is -0.120. The third-order valence-electron chi connectivity index (χ3n) is 1.89. The first kappa shape index (κ1) is 8.97. The van der Waals surface area contributed by atoms with E-state index in [2.05, 4.69) is 4.90 Å². The summed E-state index contributed by atoms with van der Waals surface area (Å²) in [6, 6.07) is 0. The molecule has 0 saturated carbocycles. The summed E-state index contributed by atoms with van der Waals surface area (Å²) in [5.41, 5.74) is 5.78. The van der Waals surface area contributed by atoms with Crippen molar-refractivity contribution in [1.82, 2.24) is 4.90 Å². The zero-order valence-corrected chi connectivity index (χ0v) is 7.63. The van der Waals surface area contributed by atoms with Crippen LogP contribution in [0.4, 0.5) is 0 Å². The van der Waals surface area contributed by atoms with Crippen molar-refractivity contribution in [2.45, 2.75) is 25.5 Å². The second-order valence-electron chi connectivity index (χ2n) is 4.04. The van der Waals surface area contributed by atoms with E-state index in [0.717, 1.165) is 19.6 Å². The monoisotopic (exact) mass is 158 g/mol. The number of rotatable bonds is 3. The van der Waals surface area contributed by atoms with Gasteiger partial charge in [0.05, 0.1) is 6.10 Å². The predicted molar refractivity (Wildman–Crippen MR) is 45.5 cm³/mol. The van der Waals surface area contributed by atoms with Gasteiger partial charge in [-0.15, -0.1) is 0 Å². The Morgan fingerprint density at radius 2 is 2.09 bits per heavy atom. The summed E-state index contributed by atoms with van der Waals surface area (Å²) in [5, 5.41) is 0. The van der Waals surface area contributed by atoms with Crippen LogP contribution >= 0.6 is 0 Å². The first-order valence-corrected chi connectivity index (χ1v) is 4.05. The Balaban J connectivity index is 2.14. The highest BCUT2D eigenvalue weighted by molar-refractivity contribution is 4.86. The molecule has 0 amide bonds. The molecule has 1 aliphatic rings. The maximum Gasteiger partial charge on any atom is 0.0824 e. The van der Waals surface area contributed by atoms with Gasteiger partial charge >= 0.3 is 0 Å². The molecule has 3 nitrogen and oxygen atoms in total. The number of nitrogens with two attached hydrogens (primary N) is 1. The molecule has 2 N–H and O–H groups in total. The summed E-state index contributed by atoms with van der Waals surface area (Å²) in [4.78, 5) is 2.31. The smallest absolute Gasteiger partial charge is 0.0824 e. The van der Waals surface area contributed by atoms with Crippen molar-refractivity contribution in [2.75, 3.05) is 26.7 Å². The van der Waals surface area contributed by atoms with Gasteiger partial charge in [0.25, 0.3) is 0 Å². The van der Waals surface area contributed by atoms with E-state index >= 15 is 0 Å². The zero-order chi connectivity index (χ0) is 8.48. The topological polar surface area (TPSA) is 38.5 Å². The highest BCUT2D eigenvalue weighted by atomic mass is 16.5. The van der Waals surface area contributed by atoms with Crippen molar-refractivity contribution >= 4 is 0 Å². The lowest BCUT2D eigenvalue weighted by atomic mass is 10.0. The van der Waals surface area contributed by atoms with Gasteiger partial charge in [0.1, 0.15) is 0 Å². The van der Waals surface area contributed by atoms with Gasteiger partial charge in [-0.25, -0.2) is 0 Å². The van der Waals surface area contributed by atoms with Gasteiger partial charge in [0, 0.05) is 32.3 Å². The molecule has 0 aromatic heterocycles. The fourth-order valence-electron chi connectivity index (χ4n) is 1.38. The fraction of sp³-hybridized carbons (Fsp3) is 1.00. The van der Waals surface area contributed by atoms with Crippen LogP contribution in [0.15, 0.2) is 0 Å². The van der Waals surface area contributed by atoms with Gasteiger partial charge in [-0.2, -0.15) is 0 Å². The lowest BCUT2D eigenvalue weighted by molar-refractivity contribution is -0.0359. The van der Waals surface area contributed by atoms with E-state index in [0.29, 0.717) is 6.10 Å². The Morgan fingerprint density at radius 3 is 2.45 bits per heavy atom. The molecule has 0 spiro atoms. The van der Waals surface area contributed by atoms with E-state index in [1.54, 1.807) is 7.11 Å². The second kappa shape index (κ2) is 3.09. The number of ether oxygens (including phenoxy) is 1. The molecular weight excluding hydrogens is 140 g/mol. The highest BCUT2D eigenvalue weighted by Gasteiger charge is 2.29. The standard InChI is InChI=1S/C8H18N2O/c1-8(2,9)6-10-4-7(5-10)11-3/h7H,4-6,9H2,1-3H3. The van der Waals surface area contributed by atoms with Crippen LogP contribution < -0.4 is 5.73 Å². The third kappa shape index (κ3) is 2.77. The van der Waals surface area contributed by atoms with Crippen molar-refractivity contribution < 1.29 is 4.74 Å². The van der Waals surface area contributed by atoms with Crippen LogP contribution in [0.2, 0.25) is 0 Å². The molecule has 1 rings (SSSR count). The lowest BCUT2D eigenvalue weighted by Crippen LogP contribution is -2.57. The van der Waals surface area contributed by atoms with Crippen molar-refractivity contribution in [3.63, 3.8) is 0 Å². The fourth-order valence-corrected chi connectivity index (χ4v) is 1.38. The highest BCUT2D eigenvalue weighted by Crippen LogP contribution is 2.13. The maximum atomic E-state index is 5.85. The van der Waals surface area contributed by atoms with Crippen LogP contribution in [0.25, 0.3) is 0 Å². The van der Waals surface area contributed by atoms with Crippen LogP contribution in [-0.4, -0.2) is 43.3 Å². The van der Waals surface area contributed by atoms with Crippen molar-refractivity contribution in [2.24, 2.45) is 5.73 Å². The number of nitrogens with zero attached hydrogens (tertiary/aromatic N) is 1. The molecule has 0 unspecified atom stereocenters. The lowest BCUT2D eigenvalue weighted by Gasteiger charge is -2.41. The summed E-state index contributed by atoms with van der Waals surface area (Å²) in [5.74, 6) is 0. The quantitative estimate of drug-likeness (QED) is 0.631. The second-order valence-corrected chi connectivity index (χ2v) is 4.04. The Labute approximate surface area is 68.5 Å². The Bertz CT molecular complexity index is 125. The minimum absolute atomic E-state index is 0.0707. The number of hydrogen-bond donors (Lipinski definition) is 1. The van der Waals surface area contributed by atoms with E-state index in [4.69, 9.17) is 10.5 Å². The van der Waals surface area contributed by atoms with Gasteiger partial charge in [-0.05, 0) is 13.8 Å². The number of likely N-dealkylation sites (tertiary alicyclic amines) is 1. The molecule has 1 fully saturated rings. The number of hydrogen-bond acceptors (Lipinski definition) is 3. The summed E-state index contributed by atoms with van der Waals surface area (Å²) in [6.07, 6.45) is 0.442. The SMILES string of the molecule is COC1CN(CC(C)(C)N)C1. The van der Waals surface area contributed by atoms with Gasteiger partial charge in [0.15, 0.2) is 0 Å². The summed E-state index contributed by atoms with van der Waals surface area (Å²) < 4.78 is 5.15. The van der Waals surface area contributed by atoms with Crippen LogP contribution in [0.5, 0.6) is 0 Å². The van der Waals surface area contributed by atoms with Gasteiger partial charge in [-0.3, -0.25) is 4.90 Å². The molecule has 11 heavy (non-hydrogen) atoms. The van der Waals surface area contributed by atoms with Crippen molar-refractivity contribution in [1.29, 1.82) is 0 Å². The molecule has 0 atom stereocenters. The summed E-state index contributed by atoms with van der Waals surface area (Å²) >= 11 is 0. The van der Waals surface area contributed by atoms with E-state index < -0.39 is 0 Å². The maximum absolute atomic E-state index is 5.85. The van der Waals surface area contributed by atoms with Crippen molar-refractivity contribution in [3.8, 4) is 0 Å². The van der Waals surface area contributed by atoms with Crippen molar-refractivity contribution in [3.05, 3.63) is 0 Å². The minimum atomic E-state index is -0.0707. The normalized spacial score (nSPS) is 21.8. The molecular formula is C8H18N2O. The third-order valence-corrected chi connectivity index (χ3v) is 1.89. The summed E-state index contributed by atoms with van der Waals surface area (Å²) in [7, 11) is 1.76. The minimum Gasteiger partial charge on any atom is -0.379 e. The van der Waals surface area contributed by atoms with Gasteiger partial charge in [0.2, 0.25) is 0 Å². The molecule has 1 aliphatic heterocycles. The first-order valence-electron chi connectivity index (χ1n) is 4.05. The van der Waals surface area contributed by atoms with Crippen LogP contribution in [0, 0.1) is 0 Å². The molecule has 1 saturated heterocycles. The first-order chi connectivity index (χ1) is 5.01. The van der Waals surface area contributed by atoms with Crippen LogP contribution in [-0.2, 0) is 4.74 Å². The Morgan fingerprint density at radius 1 is 1.55 bits per heavy atom. The molecule has 0 aliphatic carbocycles. The molecule has 0 radical (unpaired) electrons. The van der Waals surface area contributed by atoms with Gasteiger partial charge < -0.3 is 10.5 Å². The molecule has 0 aromatic rings. The molecule has 3 heteroatoms. The van der Waals surface area contributed by atoms with Crippen LogP contribution in [0.1, 0.15) is 13.8 Å². The predicted octanol–water partition coefficient (Wildman–Crippen LogP) is 0.0543. The average molecular weight is 158 g/mol. The summed E-state index contributed by atoms with van der Waals surface area (Å²) in [6.45, 7) is 7.14. The van der Waals surface area contributed by atoms with Crippen LogP contribution in [0.3, 0.4) is 0 Å². The van der Waals surface area contributed by atoms with E-state index in [9.17, 15) is 0 Å². The largest absolute Gasteiger partial charge is 0.379 e. The average Bonchev–Trinajstić information content (AvgIpc) is 1.75. The molecule has 1 heterocycles. The van der Waals surface area contributed by atoms with E-state index in [-0.39, 0.29) is 5.54 Å². The Kier molecular flexibility index (Phi) is 2.52. The van der Waals surface area contributed by atoms with E-state index in [1.165, 1.54) is 0 Å². The zero-order valence-electron chi connectivity index (χ0n) is 7.63. The van der Waals surface area contributed by atoms with E-state index in [1.807, 2.05) is 13.8 Å².